The molecule has 1 aromatic carbocycles. The summed E-state index contributed by atoms with van der Waals surface area (Å²) in [6.07, 6.45) is 0. The van der Waals surface area contributed by atoms with E-state index >= 15 is 0 Å². The van der Waals surface area contributed by atoms with Crippen molar-refractivity contribution in [1.82, 2.24) is 4.98 Å². The number of aromatic nitrogens is 1. The van der Waals surface area contributed by atoms with Gasteiger partial charge in [0, 0.05) is 20.4 Å². The van der Waals surface area contributed by atoms with Crippen LogP contribution in [0.1, 0.15) is 0 Å². The van der Waals surface area contributed by atoms with E-state index in [0.717, 1.165) is 15.6 Å². The zero-order chi connectivity index (χ0) is 7.84. The summed E-state index contributed by atoms with van der Waals surface area (Å²) in [5, 5.41) is 0. The normalized spacial score (nSPS) is 10.7. The molecule has 0 aliphatic carbocycles. The minimum atomic E-state index is 0.519. The Hall–Kier alpha value is -0.350. The number of benzene rings is 1. The monoisotopic (exact) mass is 275 g/mol. The molecule has 2 nitrogen and oxygen atoms in total. The maximum absolute atomic E-state index is 5.22. The van der Waals surface area contributed by atoms with Gasteiger partial charge in [-0.15, -0.1) is 0 Å². The van der Waals surface area contributed by atoms with Crippen LogP contribution in [0.2, 0.25) is 0 Å². The molecule has 0 N–H and O–H groups in total. The Morgan fingerprint density at radius 3 is 2.91 bits per heavy atom. The zero-order valence-electron chi connectivity index (χ0n) is 5.34. The summed E-state index contributed by atoms with van der Waals surface area (Å²) in [7, 11) is 0. The first kappa shape index (κ1) is 7.31. The molecule has 0 bridgehead atoms. The number of rotatable bonds is 0. The van der Waals surface area contributed by atoms with Crippen LogP contribution < -0.4 is 0 Å². The molecule has 0 saturated carbocycles. The molecule has 0 aliphatic rings. The van der Waals surface area contributed by atoms with Crippen molar-refractivity contribution in [2.45, 2.75) is 0 Å². The van der Waals surface area contributed by atoms with Gasteiger partial charge in [0.2, 0.25) is 0 Å². The molecule has 4 heteroatoms. The van der Waals surface area contributed by atoms with Gasteiger partial charge in [-0.1, -0.05) is 15.9 Å². The SMILES string of the molecule is Brc1ccc2nc(Br)oc2c1. The lowest BCUT2D eigenvalue weighted by atomic mass is 10.3. The summed E-state index contributed by atoms with van der Waals surface area (Å²) >= 11 is 6.49. The molecule has 0 unspecified atom stereocenters. The summed E-state index contributed by atoms with van der Waals surface area (Å²) in [5.41, 5.74) is 1.64. The second-order valence-corrected chi connectivity index (χ2v) is 3.67. The molecular weight excluding hydrogens is 274 g/mol. The largest absolute Gasteiger partial charge is 0.431 e. The number of hydrogen-bond acceptors (Lipinski definition) is 2. The van der Waals surface area contributed by atoms with Gasteiger partial charge in [-0.25, -0.2) is 4.98 Å². The van der Waals surface area contributed by atoms with Crippen LogP contribution >= 0.6 is 31.9 Å². The van der Waals surface area contributed by atoms with E-state index in [9.17, 15) is 0 Å². The van der Waals surface area contributed by atoms with Crippen LogP contribution in [0.5, 0.6) is 0 Å². The minimum Gasteiger partial charge on any atom is -0.431 e. The maximum Gasteiger partial charge on any atom is 0.265 e. The first-order chi connectivity index (χ1) is 5.25. The Kier molecular flexibility index (Phi) is 1.73. The van der Waals surface area contributed by atoms with Gasteiger partial charge in [0.1, 0.15) is 5.52 Å². The van der Waals surface area contributed by atoms with Crippen molar-refractivity contribution < 1.29 is 4.42 Å². The fourth-order valence-corrected chi connectivity index (χ4v) is 1.58. The van der Waals surface area contributed by atoms with Gasteiger partial charge in [0.25, 0.3) is 4.80 Å². The average molecular weight is 277 g/mol. The van der Waals surface area contributed by atoms with Crippen molar-refractivity contribution in [1.29, 1.82) is 0 Å². The lowest BCUT2D eigenvalue weighted by Gasteiger charge is -1.85. The Bertz CT molecular complexity index is 396. The third-order valence-corrected chi connectivity index (χ3v) is 2.16. The van der Waals surface area contributed by atoms with E-state index in [2.05, 4.69) is 36.8 Å². The Morgan fingerprint density at radius 2 is 2.09 bits per heavy atom. The number of halogens is 2. The van der Waals surface area contributed by atoms with Crippen molar-refractivity contribution in [2.75, 3.05) is 0 Å². The summed E-state index contributed by atoms with van der Waals surface area (Å²) < 4.78 is 6.22. The van der Waals surface area contributed by atoms with E-state index in [-0.39, 0.29) is 0 Å². The number of oxazole rings is 1. The molecular formula is C7H3Br2NO. The molecule has 0 fully saturated rings. The van der Waals surface area contributed by atoms with E-state index in [1.807, 2.05) is 18.2 Å². The average Bonchev–Trinajstić information content (AvgIpc) is 2.27. The molecule has 2 aromatic rings. The Balaban J connectivity index is 2.82. The van der Waals surface area contributed by atoms with E-state index in [0.29, 0.717) is 4.80 Å². The van der Waals surface area contributed by atoms with Crippen molar-refractivity contribution in [3.05, 3.63) is 27.5 Å². The third kappa shape index (κ3) is 1.32. The number of nitrogens with zero attached hydrogens (tertiary/aromatic N) is 1. The molecule has 0 saturated heterocycles. The number of fused-ring (bicyclic) bond motifs is 1. The molecule has 0 atom stereocenters. The lowest BCUT2D eigenvalue weighted by Crippen LogP contribution is -1.66. The van der Waals surface area contributed by atoms with Crippen LogP contribution in [0.3, 0.4) is 0 Å². The molecule has 56 valence electrons. The predicted octanol–water partition coefficient (Wildman–Crippen LogP) is 3.35. The second kappa shape index (κ2) is 2.60. The highest BCUT2D eigenvalue weighted by atomic mass is 79.9. The number of hydrogen-bond donors (Lipinski definition) is 0. The van der Waals surface area contributed by atoms with Crippen molar-refractivity contribution >= 4 is 43.0 Å². The summed E-state index contributed by atoms with van der Waals surface area (Å²) in [6.45, 7) is 0. The fraction of sp³-hybridized carbons (Fsp3) is 0. The summed E-state index contributed by atoms with van der Waals surface area (Å²) in [4.78, 5) is 4.60. The van der Waals surface area contributed by atoms with Gasteiger partial charge in [0.05, 0.1) is 0 Å². The standard InChI is InChI=1S/C7H3Br2NO/c8-4-1-2-5-6(3-4)11-7(9)10-5/h1-3H. The van der Waals surface area contributed by atoms with Crippen LogP contribution in [0.25, 0.3) is 11.1 Å². The van der Waals surface area contributed by atoms with E-state index in [4.69, 9.17) is 4.42 Å². The van der Waals surface area contributed by atoms with Gasteiger partial charge >= 0.3 is 0 Å². The quantitative estimate of drug-likeness (QED) is 0.738. The fourth-order valence-electron chi connectivity index (χ4n) is 0.870. The highest BCUT2D eigenvalue weighted by Gasteiger charge is 2.01. The first-order valence-corrected chi connectivity index (χ1v) is 4.56. The van der Waals surface area contributed by atoms with E-state index in [1.165, 1.54) is 0 Å². The lowest BCUT2D eigenvalue weighted by molar-refractivity contribution is 0.570. The van der Waals surface area contributed by atoms with Crippen LogP contribution in [-0.4, -0.2) is 4.98 Å². The van der Waals surface area contributed by atoms with E-state index < -0.39 is 0 Å². The van der Waals surface area contributed by atoms with E-state index in [1.54, 1.807) is 0 Å². The maximum atomic E-state index is 5.22. The highest BCUT2D eigenvalue weighted by molar-refractivity contribution is 9.10. The van der Waals surface area contributed by atoms with Crippen molar-refractivity contribution in [3.8, 4) is 0 Å². The molecule has 1 aromatic heterocycles. The summed E-state index contributed by atoms with van der Waals surface area (Å²) in [5.74, 6) is 0. The molecule has 11 heavy (non-hydrogen) atoms. The summed E-state index contributed by atoms with van der Waals surface area (Å²) in [6, 6.07) is 5.71. The van der Waals surface area contributed by atoms with Gasteiger partial charge in [-0.05, 0) is 18.2 Å². The first-order valence-electron chi connectivity index (χ1n) is 2.97. The second-order valence-electron chi connectivity index (χ2n) is 2.08. The smallest absolute Gasteiger partial charge is 0.265 e. The topological polar surface area (TPSA) is 26.0 Å². The van der Waals surface area contributed by atoms with Crippen LogP contribution in [0.4, 0.5) is 0 Å². The highest BCUT2D eigenvalue weighted by Crippen LogP contribution is 2.22. The van der Waals surface area contributed by atoms with Gasteiger partial charge < -0.3 is 4.42 Å². The minimum absolute atomic E-state index is 0.519. The molecule has 0 aliphatic heterocycles. The molecule has 0 spiro atoms. The van der Waals surface area contributed by atoms with Crippen molar-refractivity contribution in [3.63, 3.8) is 0 Å². The Labute approximate surface area is 79.9 Å². The molecule has 1 heterocycles. The third-order valence-electron chi connectivity index (χ3n) is 1.32. The van der Waals surface area contributed by atoms with Gasteiger partial charge in [0.15, 0.2) is 5.58 Å². The molecule has 0 radical (unpaired) electrons. The molecule has 0 amide bonds. The molecule has 2 rings (SSSR count). The van der Waals surface area contributed by atoms with Gasteiger partial charge in [-0.3, -0.25) is 0 Å². The Morgan fingerprint density at radius 1 is 1.27 bits per heavy atom. The van der Waals surface area contributed by atoms with Crippen molar-refractivity contribution in [2.24, 2.45) is 0 Å². The predicted molar refractivity (Wildman–Crippen MR) is 49.4 cm³/mol. The van der Waals surface area contributed by atoms with Crippen LogP contribution in [0, 0.1) is 0 Å². The van der Waals surface area contributed by atoms with Crippen LogP contribution in [0.15, 0.2) is 31.9 Å². The van der Waals surface area contributed by atoms with Gasteiger partial charge in [-0.2, -0.15) is 0 Å². The van der Waals surface area contributed by atoms with Crippen LogP contribution in [-0.2, 0) is 0 Å². The zero-order valence-corrected chi connectivity index (χ0v) is 8.52.